The van der Waals surface area contributed by atoms with Crippen LogP contribution in [0.25, 0.3) is 5.57 Å². The predicted octanol–water partition coefficient (Wildman–Crippen LogP) is 4.58. The largest absolute Gasteiger partial charge is 0.496 e. The zero-order valence-electron chi connectivity index (χ0n) is 16.5. The molecule has 0 N–H and O–H groups in total. The van der Waals surface area contributed by atoms with Crippen molar-refractivity contribution in [2.75, 3.05) is 6.61 Å². The Bertz CT molecular complexity index is 922. The number of ether oxygens (including phenoxy) is 3. The SMILES string of the molecule is O=C(COC1CCC2C(=O)C(c3ccc(Cl)cc3)=COC2C1)OCc1ccccc1. The lowest BCUT2D eigenvalue weighted by Gasteiger charge is -2.37. The van der Waals surface area contributed by atoms with E-state index >= 15 is 0 Å². The first kappa shape index (κ1) is 20.6. The van der Waals surface area contributed by atoms with Gasteiger partial charge in [-0.1, -0.05) is 54.1 Å². The van der Waals surface area contributed by atoms with Gasteiger partial charge in [-0.05, 0) is 36.1 Å². The number of ketones is 1. The average molecular weight is 427 g/mol. The van der Waals surface area contributed by atoms with Gasteiger partial charge in [0.05, 0.1) is 23.9 Å². The molecule has 2 aromatic carbocycles. The molecule has 1 aliphatic heterocycles. The minimum atomic E-state index is -0.397. The number of esters is 1. The molecule has 30 heavy (non-hydrogen) atoms. The number of benzene rings is 2. The van der Waals surface area contributed by atoms with Gasteiger partial charge in [-0.3, -0.25) is 4.79 Å². The van der Waals surface area contributed by atoms with Gasteiger partial charge in [0.1, 0.15) is 19.3 Å². The van der Waals surface area contributed by atoms with Crippen molar-refractivity contribution in [3.63, 3.8) is 0 Å². The molecule has 1 aliphatic carbocycles. The van der Waals surface area contributed by atoms with Crippen LogP contribution in [0.15, 0.2) is 60.9 Å². The third-order valence-electron chi connectivity index (χ3n) is 5.54. The molecule has 6 heteroatoms. The second-order valence-corrected chi connectivity index (χ2v) is 8.01. The maximum Gasteiger partial charge on any atom is 0.332 e. The van der Waals surface area contributed by atoms with Crippen molar-refractivity contribution in [2.45, 2.75) is 38.1 Å². The van der Waals surface area contributed by atoms with Crippen molar-refractivity contribution in [1.82, 2.24) is 0 Å². The first-order chi connectivity index (χ1) is 14.6. The van der Waals surface area contributed by atoms with Gasteiger partial charge in [0, 0.05) is 11.4 Å². The number of rotatable bonds is 6. The molecule has 1 saturated carbocycles. The van der Waals surface area contributed by atoms with Gasteiger partial charge in [-0.2, -0.15) is 0 Å². The van der Waals surface area contributed by atoms with Crippen LogP contribution in [0.3, 0.4) is 0 Å². The smallest absolute Gasteiger partial charge is 0.332 e. The summed E-state index contributed by atoms with van der Waals surface area (Å²) >= 11 is 5.93. The molecule has 2 aromatic rings. The van der Waals surface area contributed by atoms with Gasteiger partial charge in [-0.25, -0.2) is 4.79 Å². The Morgan fingerprint density at radius 1 is 1.07 bits per heavy atom. The molecular formula is C24H23ClO5. The molecule has 3 atom stereocenters. The van der Waals surface area contributed by atoms with E-state index in [1.54, 1.807) is 18.4 Å². The minimum Gasteiger partial charge on any atom is -0.496 e. The highest BCUT2D eigenvalue weighted by atomic mass is 35.5. The number of halogens is 1. The van der Waals surface area contributed by atoms with Crippen LogP contribution >= 0.6 is 11.6 Å². The molecule has 4 rings (SSSR count). The van der Waals surface area contributed by atoms with Crippen molar-refractivity contribution in [3.05, 3.63) is 77.0 Å². The summed E-state index contributed by atoms with van der Waals surface area (Å²) in [5.41, 5.74) is 2.32. The van der Waals surface area contributed by atoms with E-state index in [2.05, 4.69) is 0 Å². The Kier molecular flexibility index (Phi) is 6.50. The van der Waals surface area contributed by atoms with Crippen LogP contribution in [-0.2, 0) is 30.4 Å². The average Bonchev–Trinajstić information content (AvgIpc) is 2.78. The summed E-state index contributed by atoms with van der Waals surface area (Å²) in [6.07, 6.45) is 3.13. The number of allylic oxidation sites excluding steroid dienone is 1. The molecule has 0 saturated heterocycles. The van der Waals surface area contributed by atoms with Crippen LogP contribution in [-0.4, -0.2) is 30.6 Å². The maximum atomic E-state index is 12.9. The topological polar surface area (TPSA) is 61.8 Å². The van der Waals surface area contributed by atoms with Crippen molar-refractivity contribution < 1.29 is 23.8 Å². The summed E-state index contributed by atoms with van der Waals surface area (Å²) in [4.78, 5) is 24.9. The Labute approximate surface area is 180 Å². The van der Waals surface area contributed by atoms with Crippen LogP contribution in [0, 0.1) is 5.92 Å². The Morgan fingerprint density at radius 2 is 1.83 bits per heavy atom. The van der Waals surface area contributed by atoms with Crippen LogP contribution in [0.2, 0.25) is 5.02 Å². The highest BCUT2D eigenvalue weighted by Crippen LogP contribution is 2.37. The lowest BCUT2D eigenvalue weighted by molar-refractivity contribution is -0.155. The molecule has 0 amide bonds. The summed E-state index contributed by atoms with van der Waals surface area (Å²) in [6, 6.07) is 16.7. The van der Waals surface area contributed by atoms with E-state index in [-0.39, 0.29) is 37.1 Å². The lowest BCUT2D eigenvalue weighted by atomic mass is 9.78. The summed E-state index contributed by atoms with van der Waals surface area (Å²) in [5.74, 6) is -0.494. The van der Waals surface area contributed by atoms with E-state index in [0.717, 1.165) is 11.1 Å². The molecule has 2 aliphatic rings. The quantitative estimate of drug-likeness (QED) is 0.633. The second kappa shape index (κ2) is 9.45. The van der Waals surface area contributed by atoms with E-state index < -0.39 is 5.97 Å². The van der Waals surface area contributed by atoms with Gasteiger partial charge in [0.15, 0.2) is 5.78 Å². The molecule has 3 unspecified atom stereocenters. The number of fused-ring (bicyclic) bond motifs is 1. The highest BCUT2D eigenvalue weighted by Gasteiger charge is 2.40. The van der Waals surface area contributed by atoms with E-state index in [1.165, 1.54) is 0 Å². The van der Waals surface area contributed by atoms with Crippen LogP contribution < -0.4 is 0 Å². The number of carbonyl (C=O) groups is 2. The highest BCUT2D eigenvalue weighted by molar-refractivity contribution is 6.30. The van der Waals surface area contributed by atoms with Crippen LogP contribution in [0.1, 0.15) is 30.4 Å². The molecule has 0 bridgehead atoms. The van der Waals surface area contributed by atoms with Crippen molar-refractivity contribution in [1.29, 1.82) is 0 Å². The van der Waals surface area contributed by atoms with E-state index in [4.69, 9.17) is 25.8 Å². The number of carbonyl (C=O) groups excluding carboxylic acids is 2. The predicted molar refractivity (Wildman–Crippen MR) is 113 cm³/mol. The molecule has 156 valence electrons. The lowest BCUT2D eigenvalue weighted by Crippen LogP contribution is -2.41. The molecule has 0 radical (unpaired) electrons. The fourth-order valence-corrected chi connectivity index (χ4v) is 4.04. The van der Waals surface area contributed by atoms with Crippen LogP contribution in [0.4, 0.5) is 0 Å². The number of Topliss-reactive ketones (excluding diaryl/α,β-unsaturated/α-hetero) is 1. The number of hydrogen-bond acceptors (Lipinski definition) is 5. The van der Waals surface area contributed by atoms with Crippen molar-refractivity contribution in [2.24, 2.45) is 5.92 Å². The molecule has 1 fully saturated rings. The van der Waals surface area contributed by atoms with E-state index in [9.17, 15) is 9.59 Å². The summed E-state index contributed by atoms with van der Waals surface area (Å²) < 4.78 is 16.9. The normalized spacial score (nSPS) is 23.2. The fourth-order valence-electron chi connectivity index (χ4n) is 3.91. The van der Waals surface area contributed by atoms with Crippen molar-refractivity contribution in [3.8, 4) is 0 Å². The van der Waals surface area contributed by atoms with Gasteiger partial charge in [0.2, 0.25) is 0 Å². The standard InChI is InChI=1S/C24H23ClO5/c25-18-8-6-17(7-9-18)21-14-29-22-12-19(10-11-20(22)24(21)27)28-15-23(26)30-13-16-4-2-1-3-5-16/h1-9,14,19-20,22H,10-13,15H2. The Balaban J connectivity index is 1.27. The summed E-state index contributed by atoms with van der Waals surface area (Å²) in [7, 11) is 0. The van der Waals surface area contributed by atoms with Crippen LogP contribution in [0.5, 0.6) is 0 Å². The Morgan fingerprint density at radius 3 is 2.60 bits per heavy atom. The Hall–Kier alpha value is -2.63. The third kappa shape index (κ3) is 4.91. The number of hydrogen-bond donors (Lipinski definition) is 0. The van der Waals surface area contributed by atoms with Gasteiger partial charge >= 0.3 is 5.97 Å². The van der Waals surface area contributed by atoms with E-state index in [0.29, 0.717) is 29.9 Å². The fraction of sp³-hybridized carbons (Fsp3) is 0.333. The maximum absolute atomic E-state index is 12.9. The van der Waals surface area contributed by atoms with Gasteiger partial charge in [0.25, 0.3) is 0 Å². The third-order valence-corrected chi connectivity index (χ3v) is 5.79. The van der Waals surface area contributed by atoms with Gasteiger partial charge < -0.3 is 14.2 Å². The first-order valence-corrected chi connectivity index (χ1v) is 10.4. The summed E-state index contributed by atoms with van der Waals surface area (Å²) in [5, 5.41) is 0.626. The monoisotopic (exact) mass is 426 g/mol. The van der Waals surface area contributed by atoms with Gasteiger partial charge in [-0.15, -0.1) is 0 Å². The molecule has 1 heterocycles. The molecular weight excluding hydrogens is 404 g/mol. The zero-order valence-corrected chi connectivity index (χ0v) is 17.2. The molecule has 0 spiro atoms. The molecule has 0 aromatic heterocycles. The first-order valence-electron chi connectivity index (χ1n) is 10.1. The zero-order chi connectivity index (χ0) is 20.9. The van der Waals surface area contributed by atoms with E-state index in [1.807, 2.05) is 42.5 Å². The second-order valence-electron chi connectivity index (χ2n) is 7.58. The minimum absolute atomic E-state index is 0.0919. The summed E-state index contributed by atoms with van der Waals surface area (Å²) in [6.45, 7) is 0.128. The van der Waals surface area contributed by atoms with Crippen molar-refractivity contribution >= 4 is 28.9 Å². The molecule has 5 nitrogen and oxygen atoms in total.